The minimum Gasteiger partial charge on any atom is -0.396 e. The van der Waals surface area contributed by atoms with Crippen LogP contribution in [0, 0.1) is 0 Å². The van der Waals surface area contributed by atoms with Crippen molar-refractivity contribution in [1.82, 2.24) is 0 Å². The number of hydrogen-bond acceptors (Lipinski definition) is 2. The van der Waals surface area contributed by atoms with Crippen molar-refractivity contribution in [3.8, 4) is 22.3 Å². The number of rotatable bonds is 6. The van der Waals surface area contributed by atoms with E-state index in [9.17, 15) is 0 Å². The Kier molecular flexibility index (Phi) is 5.04. The molecule has 0 saturated carbocycles. The molecule has 2 heteroatoms. The van der Waals surface area contributed by atoms with E-state index in [2.05, 4.69) is 65.4 Å². The molecule has 3 aromatic rings. The maximum atomic E-state index is 8.83. The smallest absolute Gasteiger partial charge is 0.0431 e. The molecule has 22 heavy (non-hydrogen) atoms. The summed E-state index contributed by atoms with van der Waals surface area (Å²) in [7, 11) is 0. The quantitative estimate of drug-likeness (QED) is 0.605. The molecule has 1 heterocycles. The zero-order chi connectivity index (χ0) is 15.2. The summed E-state index contributed by atoms with van der Waals surface area (Å²) in [5.74, 6) is 0. The van der Waals surface area contributed by atoms with Crippen molar-refractivity contribution < 1.29 is 5.11 Å². The molecule has 0 radical (unpaired) electrons. The number of aryl methyl sites for hydroxylation is 1. The Labute approximate surface area is 135 Å². The fourth-order valence-corrected chi connectivity index (χ4v) is 3.25. The Balaban J connectivity index is 1.71. The Morgan fingerprint density at radius 3 is 1.82 bits per heavy atom. The molecular formula is C20H20OS. The number of thiophene rings is 1. The third kappa shape index (κ3) is 3.65. The Bertz CT molecular complexity index is 682. The van der Waals surface area contributed by atoms with Crippen molar-refractivity contribution in [3.63, 3.8) is 0 Å². The van der Waals surface area contributed by atoms with Crippen LogP contribution in [-0.4, -0.2) is 11.7 Å². The average molecular weight is 308 g/mol. The lowest BCUT2D eigenvalue weighted by Crippen LogP contribution is -1.88. The van der Waals surface area contributed by atoms with Gasteiger partial charge in [0.15, 0.2) is 0 Å². The van der Waals surface area contributed by atoms with Gasteiger partial charge in [0.2, 0.25) is 0 Å². The fourth-order valence-electron chi connectivity index (χ4n) is 2.59. The number of hydrogen-bond donors (Lipinski definition) is 1. The maximum absolute atomic E-state index is 8.83. The molecule has 0 atom stereocenters. The van der Waals surface area contributed by atoms with Crippen LogP contribution in [0.25, 0.3) is 22.3 Å². The molecule has 1 nitrogen and oxygen atoms in total. The lowest BCUT2D eigenvalue weighted by molar-refractivity contribution is 0.284. The topological polar surface area (TPSA) is 20.2 Å². The van der Waals surface area contributed by atoms with E-state index in [-0.39, 0.29) is 6.61 Å². The molecule has 1 aromatic heterocycles. The van der Waals surface area contributed by atoms with Crippen LogP contribution in [0.3, 0.4) is 0 Å². The van der Waals surface area contributed by atoms with Crippen molar-refractivity contribution >= 4 is 11.3 Å². The normalized spacial score (nSPS) is 10.8. The molecule has 0 aliphatic rings. The molecule has 3 rings (SSSR count). The minimum absolute atomic E-state index is 0.286. The number of benzene rings is 2. The predicted molar refractivity (Wildman–Crippen MR) is 95.2 cm³/mol. The monoisotopic (exact) mass is 308 g/mol. The Morgan fingerprint density at radius 2 is 1.27 bits per heavy atom. The summed E-state index contributed by atoms with van der Waals surface area (Å²) in [6.45, 7) is 0.286. The molecule has 0 amide bonds. The van der Waals surface area contributed by atoms with Crippen molar-refractivity contribution in [2.45, 2.75) is 19.3 Å². The van der Waals surface area contributed by atoms with Gasteiger partial charge in [-0.3, -0.25) is 0 Å². The second kappa shape index (κ2) is 7.39. The highest BCUT2D eigenvalue weighted by Crippen LogP contribution is 2.26. The fraction of sp³-hybridized carbons (Fsp3) is 0.200. The van der Waals surface area contributed by atoms with E-state index in [0.717, 1.165) is 19.3 Å². The van der Waals surface area contributed by atoms with Crippen LogP contribution >= 0.6 is 11.3 Å². The largest absolute Gasteiger partial charge is 0.396 e. The molecule has 0 aliphatic carbocycles. The summed E-state index contributed by atoms with van der Waals surface area (Å²) in [4.78, 5) is 0. The van der Waals surface area contributed by atoms with Crippen molar-refractivity contribution in [3.05, 3.63) is 70.9 Å². The highest BCUT2D eigenvalue weighted by Gasteiger charge is 2.01. The molecule has 0 unspecified atom stereocenters. The van der Waals surface area contributed by atoms with Gasteiger partial charge in [-0.15, -0.1) is 0 Å². The first-order valence-electron chi connectivity index (χ1n) is 7.69. The van der Waals surface area contributed by atoms with Crippen molar-refractivity contribution in [2.75, 3.05) is 6.61 Å². The highest BCUT2D eigenvalue weighted by atomic mass is 32.1. The number of aliphatic hydroxyl groups is 1. The first kappa shape index (κ1) is 15.0. The second-order valence-corrected chi connectivity index (χ2v) is 6.25. The molecular weight excluding hydrogens is 288 g/mol. The van der Waals surface area contributed by atoms with Gasteiger partial charge in [0.1, 0.15) is 0 Å². The second-order valence-electron chi connectivity index (χ2n) is 5.47. The van der Waals surface area contributed by atoms with Gasteiger partial charge in [-0.05, 0) is 63.9 Å². The summed E-state index contributed by atoms with van der Waals surface area (Å²) in [5.41, 5.74) is 6.40. The summed E-state index contributed by atoms with van der Waals surface area (Å²) in [6, 6.07) is 19.7. The van der Waals surface area contributed by atoms with Gasteiger partial charge in [-0.25, -0.2) is 0 Å². The summed E-state index contributed by atoms with van der Waals surface area (Å²) in [6.07, 6.45) is 2.97. The van der Waals surface area contributed by atoms with Gasteiger partial charge < -0.3 is 5.11 Å². The van der Waals surface area contributed by atoms with Crippen LogP contribution in [-0.2, 0) is 6.42 Å². The van der Waals surface area contributed by atoms with E-state index in [1.165, 1.54) is 27.8 Å². The van der Waals surface area contributed by atoms with Crippen LogP contribution in [0.4, 0.5) is 0 Å². The van der Waals surface area contributed by atoms with Crippen LogP contribution in [0.15, 0.2) is 65.4 Å². The van der Waals surface area contributed by atoms with E-state index < -0.39 is 0 Å². The maximum Gasteiger partial charge on any atom is 0.0431 e. The lowest BCUT2D eigenvalue weighted by atomic mass is 9.99. The van der Waals surface area contributed by atoms with Crippen LogP contribution in [0.1, 0.15) is 18.4 Å². The standard InChI is InChI=1S/C20H20OS/c21-13-2-1-3-16-4-6-17(7-5-16)18-8-10-19(11-9-18)20-12-14-22-15-20/h4-12,14-15,21H,1-3,13H2. The SMILES string of the molecule is OCCCCc1ccc(-c2ccc(-c3ccsc3)cc2)cc1. The molecule has 0 fully saturated rings. The molecule has 2 aromatic carbocycles. The molecule has 0 saturated heterocycles. The Morgan fingerprint density at radius 1 is 0.682 bits per heavy atom. The van der Waals surface area contributed by atoms with Crippen LogP contribution < -0.4 is 0 Å². The summed E-state index contributed by atoms with van der Waals surface area (Å²) >= 11 is 1.73. The van der Waals surface area contributed by atoms with Crippen molar-refractivity contribution in [1.29, 1.82) is 0 Å². The molecule has 0 spiro atoms. The van der Waals surface area contributed by atoms with Gasteiger partial charge in [-0.2, -0.15) is 11.3 Å². The average Bonchev–Trinajstić information content (AvgIpc) is 3.11. The van der Waals surface area contributed by atoms with Gasteiger partial charge in [-0.1, -0.05) is 48.5 Å². The number of aliphatic hydroxyl groups excluding tert-OH is 1. The molecule has 112 valence electrons. The predicted octanol–water partition coefficient (Wildman–Crippen LogP) is 5.40. The van der Waals surface area contributed by atoms with Gasteiger partial charge >= 0.3 is 0 Å². The molecule has 0 bridgehead atoms. The number of unbranched alkanes of at least 4 members (excludes halogenated alkanes) is 1. The van der Waals surface area contributed by atoms with E-state index in [1.807, 2.05) is 0 Å². The third-order valence-corrected chi connectivity index (χ3v) is 4.58. The molecule has 1 N–H and O–H groups in total. The van der Waals surface area contributed by atoms with E-state index in [0.29, 0.717) is 0 Å². The zero-order valence-corrected chi connectivity index (χ0v) is 13.4. The minimum atomic E-state index is 0.286. The lowest BCUT2D eigenvalue weighted by Gasteiger charge is -2.06. The first-order chi connectivity index (χ1) is 10.9. The summed E-state index contributed by atoms with van der Waals surface area (Å²) in [5, 5.41) is 13.1. The van der Waals surface area contributed by atoms with Crippen LogP contribution in [0.5, 0.6) is 0 Å². The van der Waals surface area contributed by atoms with Crippen molar-refractivity contribution in [2.24, 2.45) is 0 Å². The van der Waals surface area contributed by atoms with E-state index >= 15 is 0 Å². The van der Waals surface area contributed by atoms with E-state index in [4.69, 9.17) is 5.11 Å². The van der Waals surface area contributed by atoms with Gasteiger partial charge in [0.25, 0.3) is 0 Å². The Hall–Kier alpha value is -1.90. The van der Waals surface area contributed by atoms with Gasteiger partial charge in [0.05, 0.1) is 0 Å². The van der Waals surface area contributed by atoms with Crippen LogP contribution in [0.2, 0.25) is 0 Å². The van der Waals surface area contributed by atoms with Gasteiger partial charge in [0, 0.05) is 6.61 Å². The highest BCUT2D eigenvalue weighted by molar-refractivity contribution is 7.08. The summed E-state index contributed by atoms with van der Waals surface area (Å²) < 4.78 is 0. The van der Waals surface area contributed by atoms with E-state index in [1.54, 1.807) is 11.3 Å². The third-order valence-electron chi connectivity index (χ3n) is 3.90. The zero-order valence-electron chi connectivity index (χ0n) is 12.5. The first-order valence-corrected chi connectivity index (χ1v) is 8.64. The molecule has 0 aliphatic heterocycles.